The lowest BCUT2D eigenvalue weighted by molar-refractivity contribution is 0.354. The van der Waals surface area contributed by atoms with E-state index in [9.17, 15) is 0 Å². The molecule has 3 N–H and O–H groups in total. The highest BCUT2D eigenvalue weighted by atomic mass is 35.5. The Morgan fingerprint density at radius 1 is 1.20 bits per heavy atom. The molecule has 2 unspecified atom stereocenters. The van der Waals surface area contributed by atoms with Crippen LogP contribution in [-0.2, 0) is 13.0 Å². The van der Waals surface area contributed by atoms with Crippen LogP contribution in [0.5, 0.6) is 0 Å². The lowest BCUT2D eigenvalue weighted by Crippen LogP contribution is -2.50. The second-order valence-corrected chi connectivity index (χ2v) is 9.47. The van der Waals surface area contributed by atoms with Gasteiger partial charge in [0.15, 0.2) is 0 Å². The Balaban J connectivity index is 1.39. The van der Waals surface area contributed by atoms with Gasteiger partial charge in [0.05, 0.1) is 11.4 Å². The van der Waals surface area contributed by atoms with Gasteiger partial charge >= 0.3 is 0 Å². The van der Waals surface area contributed by atoms with Gasteiger partial charge in [0.2, 0.25) is 0 Å². The maximum atomic E-state index is 6.45. The van der Waals surface area contributed by atoms with Gasteiger partial charge < -0.3 is 20.5 Å². The molecule has 1 saturated carbocycles. The summed E-state index contributed by atoms with van der Waals surface area (Å²) in [6.07, 6.45) is 7.01. The molecule has 2 fully saturated rings. The van der Waals surface area contributed by atoms with E-state index < -0.39 is 0 Å². The summed E-state index contributed by atoms with van der Waals surface area (Å²) in [5.74, 6) is 2.24. The maximum absolute atomic E-state index is 6.45. The SMILES string of the molecule is CC1Cc2ncnc(N3C[C@H]4CC[C@@H](C3)C4N)c2CN1c1cc(Cl)nc2[nH]ccc12. The quantitative estimate of drug-likeness (QED) is 0.616. The summed E-state index contributed by atoms with van der Waals surface area (Å²) in [5, 5.41) is 1.60. The van der Waals surface area contributed by atoms with Crippen LogP contribution < -0.4 is 15.5 Å². The molecule has 8 heteroatoms. The minimum Gasteiger partial charge on any atom is -0.363 e. The molecule has 0 radical (unpaired) electrons. The van der Waals surface area contributed by atoms with Crippen LogP contribution >= 0.6 is 11.6 Å². The van der Waals surface area contributed by atoms with Crippen LogP contribution in [0.3, 0.4) is 0 Å². The third-order valence-electron chi connectivity index (χ3n) is 7.35. The Labute approximate surface area is 180 Å². The van der Waals surface area contributed by atoms with Crippen molar-refractivity contribution in [3.8, 4) is 0 Å². The summed E-state index contributed by atoms with van der Waals surface area (Å²) >= 11 is 6.35. The van der Waals surface area contributed by atoms with Crippen molar-refractivity contribution < 1.29 is 0 Å². The van der Waals surface area contributed by atoms with Crippen molar-refractivity contribution in [1.82, 2.24) is 19.9 Å². The molecule has 30 heavy (non-hydrogen) atoms. The fraction of sp³-hybridized carbons (Fsp3) is 0.500. The summed E-state index contributed by atoms with van der Waals surface area (Å²) in [7, 11) is 0. The van der Waals surface area contributed by atoms with E-state index >= 15 is 0 Å². The summed E-state index contributed by atoms with van der Waals surface area (Å²) in [6.45, 7) is 5.02. The van der Waals surface area contributed by atoms with Crippen molar-refractivity contribution in [2.24, 2.45) is 17.6 Å². The number of hydrogen-bond acceptors (Lipinski definition) is 6. The number of aromatic amines is 1. The Morgan fingerprint density at radius 3 is 2.80 bits per heavy atom. The van der Waals surface area contributed by atoms with Crippen LogP contribution in [-0.4, -0.2) is 45.1 Å². The van der Waals surface area contributed by atoms with E-state index in [1.807, 2.05) is 12.3 Å². The molecule has 4 atom stereocenters. The molecule has 0 amide bonds. The van der Waals surface area contributed by atoms with Crippen molar-refractivity contribution in [2.45, 2.75) is 44.8 Å². The Kier molecular flexibility index (Phi) is 4.18. The fourth-order valence-electron chi connectivity index (χ4n) is 5.75. The van der Waals surface area contributed by atoms with E-state index in [2.05, 4.69) is 37.7 Å². The molecular weight excluding hydrogens is 398 g/mol. The molecule has 6 rings (SSSR count). The van der Waals surface area contributed by atoms with E-state index in [0.29, 0.717) is 29.1 Å². The van der Waals surface area contributed by atoms with Gasteiger partial charge in [-0.2, -0.15) is 0 Å². The summed E-state index contributed by atoms with van der Waals surface area (Å²) < 4.78 is 0. The van der Waals surface area contributed by atoms with Crippen LogP contribution in [0.2, 0.25) is 5.15 Å². The van der Waals surface area contributed by atoms with Crippen molar-refractivity contribution >= 4 is 34.1 Å². The van der Waals surface area contributed by atoms with Gasteiger partial charge in [0.1, 0.15) is 22.9 Å². The minimum absolute atomic E-state index is 0.308. The number of nitrogens with one attached hydrogen (secondary N) is 1. The lowest BCUT2D eigenvalue weighted by Gasteiger charge is -2.41. The molecule has 1 aliphatic carbocycles. The number of fused-ring (bicyclic) bond motifs is 4. The van der Waals surface area contributed by atoms with Gasteiger partial charge in [0.25, 0.3) is 0 Å². The van der Waals surface area contributed by atoms with E-state index in [4.69, 9.17) is 22.3 Å². The van der Waals surface area contributed by atoms with Gasteiger partial charge in [-0.25, -0.2) is 15.0 Å². The Morgan fingerprint density at radius 2 is 2.00 bits per heavy atom. The smallest absolute Gasteiger partial charge is 0.141 e. The van der Waals surface area contributed by atoms with E-state index in [-0.39, 0.29) is 0 Å². The zero-order valence-corrected chi connectivity index (χ0v) is 17.8. The highest BCUT2D eigenvalue weighted by Crippen LogP contribution is 2.40. The first-order valence-electron chi connectivity index (χ1n) is 10.8. The number of pyridine rings is 1. The Hall–Kier alpha value is -2.38. The van der Waals surface area contributed by atoms with Gasteiger partial charge in [-0.15, -0.1) is 0 Å². The number of H-pyrrole nitrogens is 1. The molecule has 0 spiro atoms. The van der Waals surface area contributed by atoms with Crippen molar-refractivity contribution in [2.75, 3.05) is 22.9 Å². The highest BCUT2D eigenvalue weighted by Gasteiger charge is 2.41. The van der Waals surface area contributed by atoms with Crippen LogP contribution in [0.4, 0.5) is 11.5 Å². The first kappa shape index (κ1) is 18.4. The third-order valence-corrected chi connectivity index (χ3v) is 7.55. The normalized spacial score (nSPS) is 28.2. The monoisotopic (exact) mass is 423 g/mol. The molecule has 3 aromatic heterocycles. The first-order valence-corrected chi connectivity index (χ1v) is 11.2. The number of halogens is 1. The van der Waals surface area contributed by atoms with E-state index in [0.717, 1.165) is 54.3 Å². The maximum Gasteiger partial charge on any atom is 0.141 e. The highest BCUT2D eigenvalue weighted by molar-refractivity contribution is 6.30. The molecule has 5 heterocycles. The van der Waals surface area contributed by atoms with Crippen LogP contribution in [0, 0.1) is 11.8 Å². The van der Waals surface area contributed by atoms with Crippen molar-refractivity contribution in [3.05, 3.63) is 41.1 Å². The summed E-state index contributed by atoms with van der Waals surface area (Å²) in [4.78, 5) is 21.9. The molecule has 2 bridgehead atoms. The second-order valence-electron chi connectivity index (χ2n) is 9.09. The number of aromatic nitrogens is 4. The molecule has 0 aromatic carbocycles. The van der Waals surface area contributed by atoms with Crippen molar-refractivity contribution in [3.63, 3.8) is 0 Å². The number of hydrogen-bond donors (Lipinski definition) is 2. The number of nitrogens with two attached hydrogens (primary N) is 1. The Bertz CT molecular complexity index is 1100. The molecule has 1 saturated heterocycles. The largest absolute Gasteiger partial charge is 0.363 e. The van der Waals surface area contributed by atoms with Gasteiger partial charge in [-0.3, -0.25) is 0 Å². The predicted molar refractivity (Wildman–Crippen MR) is 119 cm³/mol. The van der Waals surface area contributed by atoms with Crippen LogP contribution in [0.1, 0.15) is 31.0 Å². The van der Waals surface area contributed by atoms with Gasteiger partial charge in [-0.05, 0) is 43.7 Å². The molecule has 7 nitrogen and oxygen atoms in total. The minimum atomic E-state index is 0.308. The number of rotatable bonds is 2. The molecule has 3 aromatic rings. The van der Waals surface area contributed by atoms with Crippen LogP contribution in [0.15, 0.2) is 24.7 Å². The summed E-state index contributed by atoms with van der Waals surface area (Å²) in [6, 6.07) is 4.70. The average Bonchev–Trinajstić information content (AvgIpc) is 3.26. The number of anilines is 2. The average molecular weight is 424 g/mol. The summed E-state index contributed by atoms with van der Waals surface area (Å²) in [5.41, 5.74) is 10.8. The predicted octanol–water partition coefficient (Wildman–Crippen LogP) is 3.13. The fourth-order valence-corrected chi connectivity index (χ4v) is 5.94. The molecular formula is C22H26ClN7. The van der Waals surface area contributed by atoms with E-state index in [1.165, 1.54) is 18.4 Å². The van der Waals surface area contributed by atoms with Crippen molar-refractivity contribution in [1.29, 1.82) is 0 Å². The lowest BCUT2D eigenvalue weighted by atomic mass is 9.92. The second kappa shape index (κ2) is 6.82. The zero-order chi connectivity index (χ0) is 20.4. The van der Waals surface area contributed by atoms with E-state index in [1.54, 1.807) is 6.33 Å². The van der Waals surface area contributed by atoms with Gasteiger partial charge in [-0.1, -0.05) is 11.6 Å². The zero-order valence-electron chi connectivity index (χ0n) is 17.1. The van der Waals surface area contributed by atoms with Crippen LogP contribution in [0.25, 0.3) is 11.0 Å². The standard InChI is InChI=1S/C22H26ClN7/c1-12-6-17-16(10-30(12)18-7-19(23)28-21-15(18)4-5-25-21)22(27-11-26-17)29-8-13-2-3-14(9-29)20(13)24/h4-5,7,11-14,20H,2-3,6,8-10,24H2,1H3,(H,25,28)/t12?,13-,14+,20?. The third kappa shape index (κ3) is 2.79. The molecule has 3 aliphatic rings. The topological polar surface area (TPSA) is 87.0 Å². The first-order chi connectivity index (χ1) is 14.6. The molecule has 156 valence electrons. The molecule has 2 aliphatic heterocycles. The number of nitrogens with zero attached hydrogens (tertiary/aromatic N) is 5. The number of piperidine rings is 1. The van der Waals surface area contributed by atoms with Gasteiger partial charge in [0, 0.05) is 55.3 Å².